The number of nitrogens with one attached hydrogen (secondary N) is 1. The molecule has 0 aliphatic heterocycles. The maximum Gasteiger partial charge on any atom is 0.343 e. The number of nitrogens with zero attached hydrogens (tertiary/aromatic N) is 1. The van der Waals surface area contributed by atoms with Crippen molar-refractivity contribution in [2.24, 2.45) is 5.10 Å². The van der Waals surface area contributed by atoms with Crippen LogP contribution in [0.5, 0.6) is 17.2 Å². The lowest BCUT2D eigenvalue weighted by molar-refractivity contribution is 0.0734. The summed E-state index contributed by atoms with van der Waals surface area (Å²) in [5, 5.41) is 5.90. The van der Waals surface area contributed by atoms with Gasteiger partial charge in [0.05, 0.1) is 26.0 Å². The zero-order valence-corrected chi connectivity index (χ0v) is 19.6. The first kappa shape index (κ1) is 23.5. The van der Waals surface area contributed by atoms with Crippen molar-refractivity contribution < 1.29 is 23.8 Å². The second-order valence-corrected chi connectivity index (χ2v) is 7.67. The monoisotopic (exact) mass is 468 g/mol. The van der Waals surface area contributed by atoms with Crippen molar-refractivity contribution in [2.45, 2.75) is 6.92 Å². The fraction of sp³-hybridized carbons (Fsp3) is 0.107. The molecule has 7 nitrogen and oxygen atoms in total. The van der Waals surface area contributed by atoms with E-state index in [1.165, 1.54) is 20.4 Å². The third-order valence-corrected chi connectivity index (χ3v) is 5.50. The van der Waals surface area contributed by atoms with Crippen LogP contribution in [0.15, 0.2) is 84.0 Å². The molecule has 0 saturated heterocycles. The van der Waals surface area contributed by atoms with Crippen LogP contribution >= 0.6 is 0 Å². The summed E-state index contributed by atoms with van der Waals surface area (Å²) >= 11 is 0. The molecule has 1 amide bonds. The van der Waals surface area contributed by atoms with Gasteiger partial charge in [0.15, 0.2) is 11.5 Å². The van der Waals surface area contributed by atoms with Crippen molar-refractivity contribution in [1.29, 1.82) is 0 Å². The second-order valence-electron chi connectivity index (χ2n) is 7.67. The van der Waals surface area contributed by atoms with E-state index in [4.69, 9.17) is 14.2 Å². The lowest BCUT2D eigenvalue weighted by Crippen LogP contribution is -2.18. The topological polar surface area (TPSA) is 86.2 Å². The van der Waals surface area contributed by atoms with Crippen molar-refractivity contribution in [3.05, 3.63) is 101 Å². The van der Waals surface area contributed by atoms with Crippen LogP contribution in [0.1, 0.15) is 31.8 Å². The minimum absolute atomic E-state index is 0.298. The van der Waals surface area contributed by atoms with Gasteiger partial charge in [0.2, 0.25) is 0 Å². The molecule has 7 heteroatoms. The first-order chi connectivity index (χ1) is 17.0. The summed E-state index contributed by atoms with van der Waals surface area (Å²) in [6.07, 6.45) is 1.48. The molecule has 4 aromatic rings. The van der Waals surface area contributed by atoms with Gasteiger partial charge in [-0.2, -0.15) is 5.10 Å². The Bertz CT molecular complexity index is 1430. The van der Waals surface area contributed by atoms with Crippen molar-refractivity contribution in [3.63, 3.8) is 0 Å². The highest BCUT2D eigenvalue weighted by molar-refractivity contribution is 6.04. The van der Waals surface area contributed by atoms with E-state index in [-0.39, 0.29) is 5.91 Å². The van der Waals surface area contributed by atoms with Gasteiger partial charge in [-0.25, -0.2) is 10.2 Å². The van der Waals surface area contributed by atoms with E-state index in [1.807, 2.05) is 49.4 Å². The van der Waals surface area contributed by atoms with Crippen molar-refractivity contribution >= 4 is 28.9 Å². The van der Waals surface area contributed by atoms with Gasteiger partial charge in [0.1, 0.15) is 5.75 Å². The minimum atomic E-state index is -0.570. The highest BCUT2D eigenvalue weighted by Crippen LogP contribution is 2.30. The van der Waals surface area contributed by atoms with E-state index in [0.29, 0.717) is 33.9 Å². The fourth-order valence-corrected chi connectivity index (χ4v) is 3.66. The molecule has 0 atom stereocenters. The standard InChI is InChI=1S/C28H24N2O5/c1-18-8-4-6-10-21(18)27(31)30-29-17-23-22-11-7-5-9-19(22)12-14-24(23)35-28(32)20-13-15-25(33-2)26(16-20)34-3/h4-17H,1-3H3,(H,30,31)/b29-17-. The van der Waals surface area contributed by atoms with Crippen LogP contribution in [0.2, 0.25) is 0 Å². The van der Waals surface area contributed by atoms with Gasteiger partial charge < -0.3 is 14.2 Å². The number of methoxy groups -OCH3 is 2. The molecule has 0 bridgehead atoms. The van der Waals surface area contributed by atoms with E-state index < -0.39 is 5.97 Å². The number of amides is 1. The smallest absolute Gasteiger partial charge is 0.343 e. The van der Waals surface area contributed by atoms with Gasteiger partial charge in [-0.05, 0) is 53.6 Å². The Kier molecular flexibility index (Phi) is 7.07. The molecule has 0 heterocycles. The van der Waals surface area contributed by atoms with E-state index in [1.54, 1.807) is 36.4 Å². The summed E-state index contributed by atoms with van der Waals surface area (Å²) < 4.78 is 16.3. The number of ether oxygens (including phenoxy) is 3. The van der Waals surface area contributed by atoms with Crippen molar-refractivity contribution in [3.8, 4) is 17.2 Å². The molecule has 0 saturated carbocycles. The number of hydrazone groups is 1. The van der Waals surface area contributed by atoms with Gasteiger partial charge in [-0.1, -0.05) is 48.5 Å². The Morgan fingerprint density at radius 3 is 2.31 bits per heavy atom. The summed E-state index contributed by atoms with van der Waals surface area (Å²) in [6.45, 7) is 1.86. The Hall–Kier alpha value is -4.65. The summed E-state index contributed by atoms with van der Waals surface area (Å²) in [5.41, 5.74) is 4.78. The molecule has 4 aromatic carbocycles. The Morgan fingerprint density at radius 2 is 1.54 bits per heavy atom. The molecule has 0 unspecified atom stereocenters. The van der Waals surface area contributed by atoms with Crippen LogP contribution in [-0.2, 0) is 0 Å². The number of hydrogen-bond acceptors (Lipinski definition) is 6. The average molecular weight is 469 g/mol. The largest absolute Gasteiger partial charge is 0.493 e. The summed E-state index contributed by atoms with van der Waals surface area (Å²) in [7, 11) is 3.02. The summed E-state index contributed by atoms with van der Waals surface area (Å²) in [4.78, 5) is 25.5. The van der Waals surface area contributed by atoms with Crippen molar-refractivity contribution in [1.82, 2.24) is 5.43 Å². The van der Waals surface area contributed by atoms with E-state index >= 15 is 0 Å². The summed E-state index contributed by atoms with van der Waals surface area (Å²) in [5.74, 6) is 0.328. The molecular formula is C28H24N2O5. The Morgan fingerprint density at radius 1 is 0.829 bits per heavy atom. The molecule has 176 valence electrons. The maximum atomic E-state index is 12.9. The molecule has 0 aromatic heterocycles. The maximum absolute atomic E-state index is 12.9. The fourth-order valence-electron chi connectivity index (χ4n) is 3.66. The lowest BCUT2D eigenvalue weighted by atomic mass is 10.0. The number of rotatable bonds is 7. The van der Waals surface area contributed by atoms with E-state index in [0.717, 1.165) is 16.3 Å². The molecule has 0 radical (unpaired) electrons. The van der Waals surface area contributed by atoms with Gasteiger partial charge >= 0.3 is 5.97 Å². The first-order valence-corrected chi connectivity index (χ1v) is 10.9. The highest BCUT2D eigenvalue weighted by atomic mass is 16.5. The van der Waals surface area contributed by atoms with Crippen LogP contribution in [0, 0.1) is 6.92 Å². The molecule has 0 fully saturated rings. The molecule has 35 heavy (non-hydrogen) atoms. The number of esters is 1. The molecule has 4 rings (SSSR count). The normalized spacial score (nSPS) is 10.8. The van der Waals surface area contributed by atoms with Crippen LogP contribution in [-0.4, -0.2) is 32.3 Å². The van der Waals surface area contributed by atoms with Crippen LogP contribution in [0.4, 0.5) is 0 Å². The molecule has 0 aliphatic rings. The van der Waals surface area contributed by atoms with Gasteiger partial charge in [0, 0.05) is 11.1 Å². The number of carbonyl (C=O) groups is 2. The first-order valence-electron chi connectivity index (χ1n) is 10.9. The van der Waals surface area contributed by atoms with Crippen molar-refractivity contribution in [2.75, 3.05) is 14.2 Å². The van der Waals surface area contributed by atoms with Crippen LogP contribution < -0.4 is 19.6 Å². The quantitative estimate of drug-likeness (QED) is 0.175. The number of benzene rings is 4. The van der Waals surface area contributed by atoms with E-state index in [2.05, 4.69) is 10.5 Å². The number of aryl methyl sites for hydroxylation is 1. The zero-order valence-electron chi connectivity index (χ0n) is 19.6. The predicted molar refractivity (Wildman–Crippen MR) is 135 cm³/mol. The van der Waals surface area contributed by atoms with E-state index in [9.17, 15) is 9.59 Å². The molecule has 0 aliphatic carbocycles. The lowest BCUT2D eigenvalue weighted by Gasteiger charge is -2.12. The Balaban J connectivity index is 1.64. The highest BCUT2D eigenvalue weighted by Gasteiger charge is 2.16. The van der Waals surface area contributed by atoms with Crippen LogP contribution in [0.25, 0.3) is 10.8 Å². The minimum Gasteiger partial charge on any atom is -0.493 e. The number of carbonyl (C=O) groups excluding carboxylic acids is 2. The average Bonchev–Trinajstić information content (AvgIpc) is 2.89. The number of fused-ring (bicyclic) bond motifs is 1. The zero-order chi connectivity index (χ0) is 24.8. The van der Waals surface area contributed by atoms with Gasteiger partial charge in [-0.3, -0.25) is 4.79 Å². The Labute approximate surface area is 202 Å². The molecular weight excluding hydrogens is 444 g/mol. The van der Waals surface area contributed by atoms with Gasteiger partial charge in [-0.15, -0.1) is 0 Å². The van der Waals surface area contributed by atoms with Gasteiger partial charge in [0.25, 0.3) is 5.91 Å². The third-order valence-electron chi connectivity index (χ3n) is 5.50. The predicted octanol–water partition coefficient (Wildman–Crippen LogP) is 5.15. The van der Waals surface area contributed by atoms with Crippen LogP contribution in [0.3, 0.4) is 0 Å². The molecule has 1 N–H and O–H groups in total. The SMILES string of the molecule is COc1ccc(C(=O)Oc2ccc3ccccc3c2/C=N\NC(=O)c2ccccc2C)cc1OC. The number of hydrogen-bond donors (Lipinski definition) is 1. The molecule has 0 spiro atoms. The summed E-state index contributed by atoms with van der Waals surface area (Å²) in [6, 6.07) is 23.2. The third kappa shape index (κ3) is 5.14. The second kappa shape index (κ2) is 10.5.